The molecule has 0 unspecified atom stereocenters. The van der Waals surface area contributed by atoms with Gasteiger partial charge in [-0.05, 0) is 47.9 Å². The molecule has 0 radical (unpaired) electrons. The predicted molar refractivity (Wildman–Crippen MR) is 87.0 cm³/mol. The molecule has 1 heterocycles. The van der Waals surface area contributed by atoms with Crippen LogP contribution in [0.15, 0.2) is 35.7 Å². The molecular formula is C18H24S. The summed E-state index contributed by atoms with van der Waals surface area (Å²) in [6, 6.07) is 11.3. The van der Waals surface area contributed by atoms with Gasteiger partial charge in [0.25, 0.3) is 0 Å². The van der Waals surface area contributed by atoms with E-state index in [0.29, 0.717) is 0 Å². The second-order valence-electron chi connectivity index (χ2n) is 5.28. The van der Waals surface area contributed by atoms with Crippen molar-refractivity contribution in [2.75, 3.05) is 0 Å². The molecule has 0 amide bonds. The quantitative estimate of drug-likeness (QED) is 0.524. The summed E-state index contributed by atoms with van der Waals surface area (Å²) in [7, 11) is 0. The lowest BCUT2D eigenvalue weighted by Gasteiger charge is -2.08. The standard InChI is InChI=1S/C18H24S/c1-3-4-5-6-7-9-16-11-12-17(14-15(16)2)18-10-8-13-19-18/h8,10-14H,3-7,9H2,1-2H3. The highest BCUT2D eigenvalue weighted by Gasteiger charge is 2.03. The number of unbranched alkanes of at least 4 members (excludes halogenated alkanes) is 4. The van der Waals surface area contributed by atoms with Crippen LogP contribution in [0.3, 0.4) is 0 Å². The third-order valence-electron chi connectivity index (χ3n) is 3.70. The largest absolute Gasteiger partial charge is 0.144 e. The minimum atomic E-state index is 1.24. The summed E-state index contributed by atoms with van der Waals surface area (Å²) >= 11 is 1.82. The molecule has 0 bridgehead atoms. The average Bonchev–Trinajstić information content (AvgIpc) is 2.94. The second kappa shape index (κ2) is 7.49. The Bertz CT molecular complexity index is 482. The van der Waals surface area contributed by atoms with Gasteiger partial charge in [-0.15, -0.1) is 11.3 Å². The van der Waals surface area contributed by atoms with Crippen molar-refractivity contribution in [3.05, 3.63) is 46.8 Å². The number of hydrogen-bond acceptors (Lipinski definition) is 1. The van der Waals surface area contributed by atoms with E-state index in [1.165, 1.54) is 60.1 Å². The van der Waals surface area contributed by atoms with Crippen molar-refractivity contribution in [1.82, 2.24) is 0 Å². The molecular weight excluding hydrogens is 248 g/mol. The topological polar surface area (TPSA) is 0 Å². The molecule has 2 aromatic rings. The lowest BCUT2D eigenvalue weighted by atomic mass is 9.99. The molecule has 2 rings (SSSR count). The Morgan fingerprint density at radius 2 is 1.84 bits per heavy atom. The van der Waals surface area contributed by atoms with Gasteiger partial charge in [-0.25, -0.2) is 0 Å². The highest BCUT2D eigenvalue weighted by atomic mass is 32.1. The van der Waals surface area contributed by atoms with Crippen LogP contribution in [0, 0.1) is 6.92 Å². The summed E-state index contributed by atoms with van der Waals surface area (Å²) in [5.74, 6) is 0. The molecule has 0 saturated carbocycles. The number of benzene rings is 1. The molecule has 0 N–H and O–H groups in total. The molecule has 0 aliphatic carbocycles. The van der Waals surface area contributed by atoms with E-state index in [1.807, 2.05) is 11.3 Å². The highest BCUT2D eigenvalue weighted by Crippen LogP contribution is 2.27. The van der Waals surface area contributed by atoms with Crippen LogP contribution in [-0.2, 0) is 6.42 Å². The Labute approximate surface area is 121 Å². The van der Waals surface area contributed by atoms with Crippen molar-refractivity contribution in [1.29, 1.82) is 0 Å². The van der Waals surface area contributed by atoms with E-state index < -0.39 is 0 Å². The van der Waals surface area contributed by atoms with Gasteiger partial charge in [-0.2, -0.15) is 0 Å². The summed E-state index contributed by atoms with van der Waals surface area (Å²) in [6.45, 7) is 4.52. The van der Waals surface area contributed by atoms with E-state index in [0.717, 1.165) is 0 Å². The highest BCUT2D eigenvalue weighted by molar-refractivity contribution is 7.13. The summed E-state index contributed by atoms with van der Waals surface area (Å²) < 4.78 is 0. The maximum absolute atomic E-state index is 2.34. The van der Waals surface area contributed by atoms with E-state index in [9.17, 15) is 0 Å². The molecule has 0 saturated heterocycles. The van der Waals surface area contributed by atoms with Gasteiger partial charge in [0.15, 0.2) is 0 Å². The van der Waals surface area contributed by atoms with Crippen molar-refractivity contribution in [3.63, 3.8) is 0 Å². The van der Waals surface area contributed by atoms with Crippen LogP contribution in [0.4, 0.5) is 0 Å². The molecule has 0 fully saturated rings. The Balaban J connectivity index is 1.92. The number of thiophene rings is 1. The lowest BCUT2D eigenvalue weighted by Crippen LogP contribution is -1.91. The van der Waals surface area contributed by atoms with Crippen LogP contribution in [0.5, 0.6) is 0 Å². The summed E-state index contributed by atoms with van der Waals surface area (Å²) in [4.78, 5) is 1.37. The van der Waals surface area contributed by atoms with Crippen LogP contribution in [0.2, 0.25) is 0 Å². The van der Waals surface area contributed by atoms with Gasteiger partial charge in [0.05, 0.1) is 0 Å². The van der Waals surface area contributed by atoms with E-state index in [-0.39, 0.29) is 0 Å². The Hall–Kier alpha value is -1.08. The molecule has 0 aliphatic heterocycles. The number of hydrogen-bond donors (Lipinski definition) is 0. The predicted octanol–water partition coefficient (Wildman–Crippen LogP) is 6.24. The van der Waals surface area contributed by atoms with Crippen LogP contribution in [0.25, 0.3) is 10.4 Å². The fourth-order valence-corrected chi connectivity index (χ4v) is 3.22. The lowest BCUT2D eigenvalue weighted by molar-refractivity contribution is 0.631. The van der Waals surface area contributed by atoms with Crippen molar-refractivity contribution >= 4 is 11.3 Å². The Morgan fingerprint density at radius 3 is 2.53 bits per heavy atom. The third kappa shape index (κ3) is 4.21. The Kier molecular flexibility index (Phi) is 5.65. The van der Waals surface area contributed by atoms with Crippen molar-refractivity contribution in [3.8, 4) is 10.4 Å². The Morgan fingerprint density at radius 1 is 1.00 bits per heavy atom. The van der Waals surface area contributed by atoms with E-state index >= 15 is 0 Å². The van der Waals surface area contributed by atoms with Gasteiger partial charge in [0.2, 0.25) is 0 Å². The van der Waals surface area contributed by atoms with Gasteiger partial charge in [-0.1, -0.05) is 56.9 Å². The fraction of sp³-hybridized carbons (Fsp3) is 0.444. The zero-order valence-electron chi connectivity index (χ0n) is 12.1. The summed E-state index contributed by atoms with van der Waals surface area (Å²) in [5, 5.41) is 2.15. The zero-order chi connectivity index (χ0) is 13.5. The molecule has 102 valence electrons. The molecule has 0 spiro atoms. The molecule has 1 heteroatoms. The maximum atomic E-state index is 2.34. The normalized spacial score (nSPS) is 10.8. The van der Waals surface area contributed by atoms with Gasteiger partial charge >= 0.3 is 0 Å². The molecule has 1 aromatic heterocycles. The van der Waals surface area contributed by atoms with E-state index in [2.05, 4.69) is 49.6 Å². The second-order valence-corrected chi connectivity index (χ2v) is 6.23. The minimum absolute atomic E-state index is 1.24. The van der Waals surface area contributed by atoms with Crippen molar-refractivity contribution < 1.29 is 0 Å². The first-order chi connectivity index (χ1) is 9.31. The van der Waals surface area contributed by atoms with Gasteiger partial charge in [0.1, 0.15) is 0 Å². The third-order valence-corrected chi connectivity index (χ3v) is 4.62. The summed E-state index contributed by atoms with van der Waals surface area (Å²) in [6.07, 6.45) is 8.05. The molecule has 0 aliphatic rings. The van der Waals surface area contributed by atoms with Crippen LogP contribution < -0.4 is 0 Å². The zero-order valence-corrected chi connectivity index (χ0v) is 12.9. The molecule has 19 heavy (non-hydrogen) atoms. The SMILES string of the molecule is CCCCCCCc1ccc(-c2cccs2)cc1C. The molecule has 0 nitrogen and oxygen atoms in total. The smallest absolute Gasteiger partial charge is 0.0342 e. The number of aryl methyl sites for hydroxylation is 2. The minimum Gasteiger partial charge on any atom is -0.144 e. The van der Waals surface area contributed by atoms with E-state index in [4.69, 9.17) is 0 Å². The maximum Gasteiger partial charge on any atom is 0.0342 e. The van der Waals surface area contributed by atoms with Crippen LogP contribution >= 0.6 is 11.3 Å². The summed E-state index contributed by atoms with van der Waals surface area (Å²) in [5.41, 5.74) is 4.33. The molecule has 0 atom stereocenters. The van der Waals surface area contributed by atoms with Crippen molar-refractivity contribution in [2.45, 2.75) is 52.4 Å². The molecule has 1 aromatic carbocycles. The van der Waals surface area contributed by atoms with Gasteiger partial charge < -0.3 is 0 Å². The van der Waals surface area contributed by atoms with E-state index in [1.54, 1.807) is 0 Å². The number of rotatable bonds is 7. The van der Waals surface area contributed by atoms with Crippen molar-refractivity contribution in [2.24, 2.45) is 0 Å². The first-order valence-corrected chi connectivity index (χ1v) is 8.32. The average molecular weight is 272 g/mol. The first-order valence-electron chi connectivity index (χ1n) is 7.44. The monoisotopic (exact) mass is 272 g/mol. The van der Waals surface area contributed by atoms with Gasteiger partial charge in [0, 0.05) is 4.88 Å². The van der Waals surface area contributed by atoms with Crippen LogP contribution in [-0.4, -0.2) is 0 Å². The first kappa shape index (κ1) is 14.3. The van der Waals surface area contributed by atoms with Crippen LogP contribution in [0.1, 0.15) is 50.2 Å². The fourth-order valence-electron chi connectivity index (χ4n) is 2.49. The van der Waals surface area contributed by atoms with Gasteiger partial charge in [-0.3, -0.25) is 0 Å².